The van der Waals surface area contributed by atoms with Crippen LogP contribution in [0.15, 0.2) is 48.9 Å². The van der Waals surface area contributed by atoms with Gasteiger partial charge in [0.25, 0.3) is 5.91 Å². The molecule has 3 aromatic heterocycles. The van der Waals surface area contributed by atoms with Gasteiger partial charge in [-0.25, -0.2) is 24.4 Å². The molecule has 14 heteroatoms. The molecule has 0 unspecified atom stereocenters. The summed E-state index contributed by atoms with van der Waals surface area (Å²) in [5, 5.41) is 18.5. The summed E-state index contributed by atoms with van der Waals surface area (Å²) in [6.45, 7) is 1.31. The van der Waals surface area contributed by atoms with Crippen LogP contribution < -0.4 is 10.2 Å². The monoisotopic (exact) mass is 673 g/mol. The number of ether oxygens (including phenoxy) is 1. The van der Waals surface area contributed by atoms with Gasteiger partial charge in [0.1, 0.15) is 5.54 Å². The Labute approximate surface area is 278 Å². The zero-order valence-corrected chi connectivity index (χ0v) is 26.5. The Bertz CT molecular complexity index is 1980. The second-order valence-corrected chi connectivity index (χ2v) is 14.5. The van der Waals surface area contributed by atoms with Crippen LogP contribution in [0.5, 0.6) is 0 Å². The molecule has 2 aliphatic heterocycles. The van der Waals surface area contributed by atoms with Crippen molar-refractivity contribution in [1.82, 2.24) is 30.0 Å². The highest BCUT2D eigenvalue weighted by Gasteiger charge is 2.62. The predicted molar refractivity (Wildman–Crippen MR) is 170 cm³/mol. The number of aromatic nitrogens is 5. The molecule has 4 saturated carbocycles. The molecule has 11 nitrogen and oxygen atoms in total. The lowest BCUT2D eigenvalue weighted by molar-refractivity contribution is -0.163. The smallest absolute Gasteiger partial charge is 0.434 e. The van der Waals surface area contributed by atoms with Gasteiger partial charge < -0.3 is 20.1 Å². The average Bonchev–Trinajstić information content (AvgIpc) is 3.65. The summed E-state index contributed by atoms with van der Waals surface area (Å²) in [6.07, 6.45) is 4.27. The molecular formula is C35H34F3N7O4. The molecule has 0 radical (unpaired) electrons. The van der Waals surface area contributed by atoms with E-state index in [2.05, 4.69) is 25.4 Å². The highest BCUT2D eigenvalue weighted by molar-refractivity contribution is 5.99. The Balaban J connectivity index is 1.09. The van der Waals surface area contributed by atoms with Gasteiger partial charge in [-0.3, -0.25) is 4.79 Å². The summed E-state index contributed by atoms with van der Waals surface area (Å²) in [5.41, 5.74) is -1.17. The number of nitrogens with one attached hydrogen (secondary N) is 1. The van der Waals surface area contributed by atoms with Crippen molar-refractivity contribution in [2.24, 2.45) is 23.7 Å². The molecule has 1 amide bonds. The zero-order valence-electron chi connectivity index (χ0n) is 26.5. The number of aliphatic carboxylic acids is 1. The Morgan fingerprint density at radius 2 is 1.71 bits per heavy atom. The summed E-state index contributed by atoms with van der Waals surface area (Å²) in [4.78, 5) is 41.1. The maximum atomic E-state index is 14.7. The van der Waals surface area contributed by atoms with Gasteiger partial charge in [-0.05, 0) is 105 Å². The van der Waals surface area contributed by atoms with E-state index in [0.29, 0.717) is 81.5 Å². The molecule has 0 atom stereocenters. The number of pyridine rings is 1. The molecule has 1 aromatic carbocycles. The van der Waals surface area contributed by atoms with Crippen LogP contribution in [-0.2, 0) is 21.1 Å². The third-order valence-electron chi connectivity index (χ3n) is 12.0. The molecule has 4 aliphatic carbocycles. The van der Waals surface area contributed by atoms with Crippen LogP contribution in [0.3, 0.4) is 0 Å². The number of hydrogen-bond donors (Lipinski definition) is 2. The summed E-state index contributed by atoms with van der Waals surface area (Å²) < 4.78 is 51.7. The van der Waals surface area contributed by atoms with E-state index < -0.39 is 40.3 Å². The van der Waals surface area contributed by atoms with Crippen LogP contribution in [0.25, 0.3) is 16.7 Å². The lowest BCUT2D eigenvalue weighted by Gasteiger charge is -2.59. The minimum Gasteiger partial charge on any atom is -0.479 e. The van der Waals surface area contributed by atoms with Gasteiger partial charge in [-0.2, -0.15) is 18.3 Å². The van der Waals surface area contributed by atoms with Crippen LogP contribution in [0.4, 0.5) is 24.8 Å². The first-order valence-electron chi connectivity index (χ1n) is 16.8. The summed E-state index contributed by atoms with van der Waals surface area (Å²) in [6, 6.07) is 9.44. The Morgan fingerprint density at radius 3 is 2.41 bits per heavy atom. The van der Waals surface area contributed by atoms with Crippen molar-refractivity contribution < 1.29 is 32.6 Å². The van der Waals surface area contributed by atoms with E-state index in [-0.39, 0.29) is 17.8 Å². The van der Waals surface area contributed by atoms with Gasteiger partial charge in [0.15, 0.2) is 11.3 Å². The average molecular weight is 674 g/mol. The molecule has 6 aliphatic rings. The van der Waals surface area contributed by atoms with E-state index in [4.69, 9.17) is 4.74 Å². The number of carboxylic acids is 1. The molecule has 254 valence electrons. The number of fused-ring (bicyclic) bond motifs is 3. The van der Waals surface area contributed by atoms with Crippen molar-refractivity contribution in [2.45, 2.75) is 62.1 Å². The first-order valence-corrected chi connectivity index (χ1v) is 16.8. The SMILES string of the molecule is O=C(NC1(C(=O)O)C2CC3CC(C2)CC1C3)c1cnc(N2CC3(CCOCC3)c3cc(-n4ncc5cccnc54)ccc32)nc1C(F)(F)F. The standard InChI is InChI=1S/C35H34F3N7O4/c36-35(37,38)28-25(30(46)43-34(31(47)48)22-11-19-10-20(13-22)14-23(34)12-19)17-40-32(42-28)44-18-33(5-8-49-9-6-33)26-15-24(3-4-27(26)44)45-29-21(16-41-45)2-1-7-39-29/h1-4,7,15-17,19-20,22-23H,5-6,8-14,18H2,(H,43,46)(H,47,48). The number of benzene rings is 1. The normalized spacial score (nSPS) is 28.3. The highest BCUT2D eigenvalue weighted by atomic mass is 19.4. The maximum absolute atomic E-state index is 14.7. The van der Waals surface area contributed by atoms with Crippen LogP contribution in [-0.4, -0.2) is 67.0 Å². The number of halogens is 3. The molecule has 1 saturated heterocycles. The fourth-order valence-corrected chi connectivity index (χ4v) is 9.88. The molecule has 49 heavy (non-hydrogen) atoms. The minimum atomic E-state index is -5.00. The first-order chi connectivity index (χ1) is 23.6. The summed E-state index contributed by atoms with van der Waals surface area (Å²) in [5.74, 6) is -2.33. The van der Waals surface area contributed by atoms with Gasteiger partial charge >= 0.3 is 12.1 Å². The number of hydrogen-bond acceptors (Lipinski definition) is 8. The van der Waals surface area contributed by atoms with E-state index in [1.165, 1.54) is 0 Å². The minimum absolute atomic E-state index is 0.185. The third kappa shape index (κ3) is 4.59. The van der Waals surface area contributed by atoms with Crippen molar-refractivity contribution in [2.75, 3.05) is 24.7 Å². The van der Waals surface area contributed by atoms with Crippen LogP contribution in [0.1, 0.15) is 66.6 Å². The van der Waals surface area contributed by atoms with Crippen LogP contribution in [0.2, 0.25) is 0 Å². The number of alkyl halides is 3. The van der Waals surface area contributed by atoms with Crippen LogP contribution >= 0.6 is 0 Å². The topological polar surface area (TPSA) is 135 Å². The highest BCUT2D eigenvalue weighted by Crippen LogP contribution is 2.58. The number of anilines is 2. The summed E-state index contributed by atoms with van der Waals surface area (Å²) >= 11 is 0. The Morgan fingerprint density at radius 1 is 0.980 bits per heavy atom. The molecule has 4 aromatic rings. The molecule has 5 heterocycles. The van der Waals surface area contributed by atoms with Gasteiger partial charge in [0.2, 0.25) is 5.95 Å². The van der Waals surface area contributed by atoms with Gasteiger partial charge in [-0.1, -0.05) is 0 Å². The molecule has 4 bridgehead atoms. The van der Waals surface area contributed by atoms with E-state index in [0.717, 1.165) is 29.3 Å². The molecule has 5 fully saturated rings. The molecule has 10 rings (SSSR count). The largest absolute Gasteiger partial charge is 0.479 e. The lowest BCUT2D eigenvalue weighted by Crippen LogP contribution is -2.70. The van der Waals surface area contributed by atoms with Crippen molar-refractivity contribution in [1.29, 1.82) is 0 Å². The third-order valence-corrected chi connectivity index (χ3v) is 12.0. The fourth-order valence-electron chi connectivity index (χ4n) is 9.88. The number of carbonyl (C=O) groups excluding carboxylic acids is 1. The van der Waals surface area contributed by atoms with Crippen molar-refractivity contribution >= 4 is 34.5 Å². The number of amides is 1. The maximum Gasteiger partial charge on any atom is 0.434 e. The number of carbonyl (C=O) groups is 2. The van der Waals surface area contributed by atoms with Gasteiger partial charge in [-0.15, -0.1) is 0 Å². The molecule has 1 spiro atoms. The Hall–Kier alpha value is -4.59. The quantitative estimate of drug-likeness (QED) is 0.284. The fraction of sp³-hybridized carbons (Fsp3) is 0.486. The number of nitrogens with zero attached hydrogens (tertiary/aromatic N) is 6. The van der Waals surface area contributed by atoms with Crippen molar-refractivity contribution in [3.05, 3.63) is 65.7 Å². The molecule has 2 N–H and O–H groups in total. The van der Waals surface area contributed by atoms with Gasteiger partial charge in [0, 0.05) is 48.6 Å². The summed E-state index contributed by atoms with van der Waals surface area (Å²) in [7, 11) is 0. The predicted octanol–water partition coefficient (Wildman–Crippen LogP) is 5.44. The second-order valence-electron chi connectivity index (χ2n) is 14.5. The van der Waals surface area contributed by atoms with Crippen molar-refractivity contribution in [3.8, 4) is 5.69 Å². The van der Waals surface area contributed by atoms with E-state index in [9.17, 15) is 27.9 Å². The first kappa shape index (κ1) is 30.5. The van der Waals surface area contributed by atoms with Gasteiger partial charge in [0.05, 0.1) is 17.4 Å². The van der Waals surface area contributed by atoms with E-state index in [1.807, 2.05) is 30.3 Å². The Kier molecular flexibility index (Phi) is 6.65. The lowest BCUT2D eigenvalue weighted by atomic mass is 9.48. The second kappa shape index (κ2) is 10.7. The van der Waals surface area contributed by atoms with E-state index in [1.54, 1.807) is 22.0 Å². The zero-order chi connectivity index (χ0) is 33.7. The van der Waals surface area contributed by atoms with Crippen molar-refractivity contribution in [3.63, 3.8) is 0 Å². The van der Waals surface area contributed by atoms with E-state index >= 15 is 0 Å². The number of carboxylic acid groups (broad SMARTS) is 1. The van der Waals surface area contributed by atoms with Crippen LogP contribution in [0, 0.1) is 23.7 Å². The number of rotatable bonds is 5. The molecular weight excluding hydrogens is 639 g/mol.